The van der Waals surface area contributed by atoms with E-state index in [9.17, 15) is 14.3 Å². The molecule has 2 N–H and O–H groups in total. The van der Waals surface area contributed by atoms with Crippen molar-refractivity contribution in [2.75, 3.05) is 0 Å². The van der Waals surface area contributed by atoms with Crippen LogP contribution in [0.4, 0.5) is 9.18 Å². The van der Waals surface area contributed by atoms with Gasteiger partial charge in [-0.3, -0.25) is 4.90 Å². The summed E-state index contributed by atoms with van der Waals surface area (Å²) in [7, 11) is 0. The summed E-state index contributed by atoms with van der Waals surface area (Å²) in [5.41, 5.74) is 1.48. The van der Waals surface area contributed by atoms with Gasteiger partial charge >= 0.3 is 6.09 Å². The number of ether oxygens (including phenoxy) is 1. The normalized spacial score (nSPS) is 12.1. The molecule has 0 bridgehead atoms. The Kier molecular flexibility index (Phi) is 6.33. The molecule has 132 valence electrons. The van der Waals surface area contributed by atoms with Crippen molar-refractivity contribution in [1.82, 2.24) is 4.90 Å². The van der Waals surface area contributed by atoms with Gasteiger partial charge in [0.2, 0.25) is 0 Å². The molecule has 0 saturated carbocycles. The smallest absolute Gasteiger partial charge is 0.408 e. The van der Waals surface area contributed by atoms with Crippen LogP contribution in [0.1, 0.15) is 18.1 Å². The lowest BCUT2D eigenvalue weighted by Crippen LogP contribution is -2.37. The van der Waals surface area contributed by atoms with Crippen LogP contribution in [-0.2, 0) is 13.2 Å². The molecule has 2 rings (SSSR count). The highest BCUT2D eigenvalue weighted by Gasteiger charge is 2.18. The molecule has 1 amide bonds. The Morgan fingerprint density at radius 1 is 1.28 bits per heavy atom. The lowest BCUT2D eigenvalue weighted by Gasteiger charge is -2.23. The average Bonchev–Trinajstić information content (AvgIpc) is 2.59. The Morgan fingerprint density at radius 3 is 2.60 bits per heavy atom. The number of benzene rings is 2. The van der Waals surface area contributed by atoms with Crippen LogP contribution in [0, 0.1) is 5.82 Å². The maximum absolute atomic E-state index is 13.1. The number of amides is 1. The maximum atomic E-state index is 13.1. The molecule has 2 aromatic rings. The summed E-state index contributed by atoms with van der Waals surface area (Å²) in [6.07, 6.45) is 0.0312. The quantitative estimate of drug-likeness (QED) is 0.455. The van der Waals surface area contributed by atoms with Gasteiger partial charge in [0.05, 0.1) is 12.3 Å². The molecule has 0 fully saturated rings. The summed E-state index contributed by atoms with van der Waals surface area (Å²) in [5, 5.41) is 20.7. The zero-order chi connectivity index (χ0) is 18.2. The van der Waals surface area contributed by atoms with Crippen LogP contribution in [0.2, 0.25) is 0 Å². The van der Waals surface area contributed by atoms with Crippen molar-refractivity contribution in [3.8, 4) is 5.75 Å². The van der Waals surface area contributed by atoms with E-state index in [4.69, 9.17) is 9.94 Å². The SMILES string of the molecule is CC(C=NO)N(Cc1ccc(OCc2cccc(F)c2)cc1)C(=O)O. The highest BCUT2D eigenvalue weighted by molar-refractivity contribution is 5.73. The third-order valence-electron chi connectivity index (χ3n) is 3.59. The van der Waals surface area contributed by atoms with Gasteiger partial charge < -0.3 is 15.1 Å². The van der Waals surface area contributed by atoms with Crippen LogP contribution in [0.3, 0.4) is 0 Å². The van der Waals surface area contributed by atoms with Crippen molar-refractivity contribution in [2.24, 2.45) is 5.16 Å². The van der Waals surface area contributed by atoms with E-state index >= 15 is 0 Å². The Bertz CT molecular complexity index is 734. The number of halogens is 1. The van der Waals surface area contributed by atoms with Gasteiger partial charge in [-0.25, -0.2) is 9.18 Å². The van der Waals surface area contributed by atoms with Gasteiger partial charge in [-0.15, -0.1) is 0 Å². The first-order chi connectivity index (χ1) is 12.0. The van der Waals surface area contributed by atoms with Gasteiger partial charge in [0.1, 0.15) is 18.2 Å². The first kappa shape index (κ1) is 18.3. The van der Waals surface area contributed by atoms with Crippen molar-refractivity contribution in [1.29, 1.82) is 0 Å². The van der Waals surface area contributed by atoms with Gasteiger partial charge in [-0.2, -0.15) is 0 Å². The molecular weight excluding hydrogens is 327 g/mol. The molecular formula is C18H19FN2O4. The average molecular weight is 346 g/mol. The minimum atomic E-state index is -1.11. The van der Waals surface area contributed by atoms with Crippen LogP contribution in [0.15, 0.2) is 53.7 Å². The highest BCUT2D eigenvalue weighted by Crippen LogP contribution is 2.16. The van der Waals surface area contributed by atoms with Crippen molar-refractivity contribution < 1.29 is 24.2 Å². The molecule has 0 saturated heterocycles. The van der Waals surface area contributed by atoms with Crippen LogP contribution in [-0.4, -0.2) is 33.6 Å². The molecule has 0 aliphatic carbocycles. The van der Waals surface area contributed by atoms with Crippen molar-refractivity contribution in [3.63, 3.8) is 0 Å². The molecule has 2 aromatic carbocycles. The topological polar surface area (TPSA) is 82.4 Å². The monoisotopic (exact) mass is 346 g/mol. The molecule has 0 aliphatic rings. The third-order valence-corrected chi connectivity index (χ3v) is 3.59. The molecule has 0 radical (unpaired) electrons. The highest BCUT2D eigenvalue weighted by atomic mass is 19.1. The van der Waals surface area contributed by atoms with Gasteiger partial charge in [0.25, 0.3) is 0 Å². The molecule has 6 nitrogen and oxygen atoms in total. The minimum absolute atomic E-state index is 0.146. The van der Waals surface area contributed by atoms with E-state index in [1.54, 1.807) is 43.3 Å². The van der Waals surface area contributed by atoms with E-state index in [0.717, 1.165) is 22.2 Å². The van der Waals surface area contributed by atoms with E-state index in [1.807, 2.05) is 0 Å². The minimum Gasteiger partial charge on any atom is -0.489 e. The largest absolute Gasteiger partial charge is 0.489 e. The summed E-state index contributed by atoms with van der Waals surface area (Å²) in [6, 6.07) is 12.5. The zero-order valence-corrected chi connectivity index (χ0v) is 13.7. The van der Waals surface area contributed by atoms with E-state index in [1.165, 1.54) is 12.1 Å². The number of hydrogen-bond acceptors (Lipinski definition) is 4. The third kappa shape index (κ3) is 5.49. The predicted molar refractivity (Wildman–Crippen MR) is 90.5 cm³/mol. The number of oxime groups is 1. The number of carboxylic acid groups (broad SMARTS) is 1. The Labute approximate surface area is 144 Å². The lowest BCUT2D eigenvalue weighted by atomic mass is 10.2. The van der Waals surface area contributed by atoms with Crippen molar-refractivity contribution in [3.05, 3.63) is 65.5 Å². The molecule has 7 heteroatoms. The molecule has 1 atom stereocenters. The maximum Gasteiger partial charge on any atom is 0.408 e. The summed E-state index contributed by atoms with van der Waals surface area (Å²) < 4.78 is 18.7. The predicted octanol–water partition coefficient (Wildman–Crippen LogP) is 3.73. The van der Waals surface area contributed by atoms with Crippen LogP contribution in [0.25, 0.3) is 0 Å². The van der Waals surface area contributed by atoms with Crippen molar-refractivity contribution >= 4 is 12.3 Å². The Balaban J connectivity index is 1.97. The molecule has 1 unspecified atom stereocenters. The summed E-state index contributed by atoms with van der Waals surface area (Å²) in [6.45, 7) is 2.00. The Hall–Kier alpha value is -3.09. The second kappa shape index (κ2) is 8.68. The lowest BCUT2D eigenvalue weighted by molar-refractivity contribution is 0.137. The van der Waals surface area contributed by atoms with Crippen LogP contribution >= 0.6 is 0 Å². The zero-order valence-electron chi connectivity index (χ0n) is 13.7. The van der Waals surface area contributed by atoms with Gasteiger partial charge in [0.15, 0.2) is 0 Å². The summed E-state index contributed by atoms with van der Waals surface area (Å²) in [5.74, 6) is 0.283. The first-order valence-corrected chi connectivity index (χ1v) is 7.63. The fourth-order valence-corrected chi connectivity index (χ4v) is 2.24. The van der Waals surface area contributed by atoms with Gasteiger partial charge in [-0.1, -0.05) is 29.4 Å². The second-order valence-corrected chi connectivity index (χ2v) is 5.48. The summed E-state index contributed by atoms with van der Waals surface area (Å²) >= 11 is 0. The Morgan fingerprint density at radius 2 is 2.00 bits per heavy atom. The van der Waals surface area contributed by atoms with E-state index in [2.05, 4.69) is 5.16 Å². The number of rotatable bonds is 7. The molecule has 25 heavy (non-hydrogen) atoms. The fourth-order valence-electron chi connectivity index (χ4n) is 2.24. The number of nitrogens with zero attached hydrogens (tertiary/aromatic N) is 2. The number of carbonyl (C=O) groups is 1. The second-order valence-electron chi connectivity index (χ2n) is 5.48. The molecule has 0 aromatic heterocycles. The van der Waals surface area contributed by atoms with E-state index < -0.39 is 12.1 Å². The first-order valence-electron chi connectivity index (χ1n) is 7.63. The molecule has 0 heterocycles. The van der Waals surface area contributed by atoms with E-state index in [0.29, 0.717) is 5.75 Å². The van der Waals surface area contributed by atoms with Crippen LogP contribution in [0.5, 0.6) is 5.75 Å². The van der Waals surface area contributed by atoms with Gasteiger partial charge in [0, 0.05) is 6.54 Å². The van der Waals surface area contributed by atoms with E-state index in [-0.39, 0.29) is 19.0 Å². The van der Waals surface area contributed by atoms with Gasteiger partial charge in [-0.05, 0) is 42.3 Å². The summed E-state index contributed by atoms with van der Waals surface area (Å²) in [4.78, 5) is 12.4. The van der Waals surface area contributed by atoms with Crippen LogP contribution < -0.4 is 4.74 Å². The number of hydrogen-bond donors (Lipinski definition) is 2. The fraction of sp³-hybridized carbons (Fsp3) is 0.222. The molecule has 0 spiro atoms. The van der Waals surface area contributed by atoms with Crippen molar-refractivity contribution in [2.45, 2.75) is 26.1 Å². The standard InChI is InChI=1S/C18H19FN2O4/c1-13(10-20-24)21(18(22)23)11-14-5-7-17(8-6-14)25-12-15-3-2-4-16(19)9-15/h2-10,13,24H,11-12H2,1H3,(H,22,23). The molecule has 0 aliphatic heterocycles.